The monoisotopic (exact) mass is 307 g/mol. The minimum absolute atomic E-state index is 0. The molecule has 2 rings (SSSR count). The lowest BCUT2D eigenvalue weighted by Gasteiger charge is -2.35. The van der Waals surface area contributed by atoms with Gasteiger partial charge >= 0.3 is 0 Å². The molecule has 1 aliphatic rings. The summed E-state index contributed by atoms with van der Waals surface area (Å²) in [6.07, 6.45) is 6.05. The predicted molar refractivity (Wildman–Crippen MR) is 86.6 cm³/mol. The summed E-state index contributed by atoms with van der Waals surface area (Å²) in [6, 6.07) is 5.05. The first-order valence-corrected chi connectivity index (χ1v) is 6.89. The van der Waals surface area contributed by atoms with Gasteiger partial charge in [0, 0.05) is 45.1 Å². The largest absolute Gasteiger partial charge is 0.353 e. The maximum atomic E-state index is 3.44. The van der Waals surface area contributed by atoms with Gasteiger partial charge in [0.2, 0.25) is 0 Å². The smallest absolute Gasteiger partial charge is 0.0501 e. The molecule has 5 heteroatoms. The van der Waals surface area contributed by atoms with Gasteiger partial charge in [-0.2, -0.15) is 0 Å². The van der Waals surface area contributed by atoms with E-state index < -0.39 is 0 Å². The van der Waals surface area contributed by atoms with E-state index in [0.717, 1.165) is 13.1 Å². The van der Waals surface area contributed by atoms with Crippen LogP contribution in [-0.4, -0.2) is 35.6 Å². The van der Waals surface area contributed by atoms with Crippen molar-refractivity contribution in [2.45, 2.75) is 32.2 Å². The van der Waals surface area contributed by atoms with Gasteiger partial charge in [-0.3, -0.25) is 4.90 Å². The molecule has 0 unspecified atom stereocenters. The highest BCUT2D eigenvalue weighted by Gasteiger charge is 2.23. The van der Waals surface area contributed by atoms with Crippen molar-refractivity contribution in [3.63, 3.8) is 0 Å². The van der Waals surface area contributed by atoms with E-state index >= 15 is 0 Å². The Labute approximate surface area is 129 Å². The molecule has 1 aromatic heterocycles. The van der Waals surface area contributed by atoms with Crippen LogP contribution in [0, 0.1) is 0 Å². The van der Waals surface area contributed by atoms with E-state index in [-0.39, 0.29) is 24.8 Å². The number of aryl methyl sites for hydroxylation is 1. The number of halogens is 2. The van der Waals surface area contributed by atoms with Crippen molar-refractivity contribution in [1.29, 1.82) is 0 Å². The van der Waals surface area contributed by atoms with Crippen molar-refractivity contribution in [3.05, 3.63) is 24.0 Å². The lowest BCUT2D eigenvalue weighted by Crippen LogP contribution is -2.45. The Kier molecular flexibility index (Phi) is 9.54. The van der Waals surface area contributed by atoms with Crippen LogP contribution in [0.4, 0.5) is 0 Å². The highest BCUT2D eigenvalue weighted by Crippen LogP contribution is 2.26. The topological polar surface area (TPSA) is 20.2 Å². The maximum Gasteiger partial charge on any atom is 0.0501 e. The number of nitrogens with zero attached hydrogens (tertiary/aromatic N) is 2. The minimum Gasteiger partial charge on any atom is -0.353 e. The highest BCUT2D eigenvalue weighted by atomic mass is 35.5. The normalized spacial score (nSPS) is 17.4. The molecule has 3 nitrogen and oxygen atoms in total. The summed E-state index contributed by atoms with van der Waals surface area (Å²) >= 11 is 0. The van der Waals surface area contributed by atoms with Crippen LogP contribution in [0.15, 0.2) is 18.3 Å². The number of nitrogens with one attached hydrogen (secondary N) is 1. The zero-order valence-corrected chi connectivity index (χ0v) is 13.6. The molecular formula is C14H27Cl2N3. The molecule has 0 bridgehead atoms. The average Bonchev–Trinajstić information content (AvgIpc) is 2.78. The Morgan fingerprint density at radius 2 is 1.95 bits per heavy atom. The molecule has 0 spiro atoms. The predicted octanol–water partition coefficient (Wildman–Crippen LogP) is 3.01. The summed E-state index contributed by atoms with van der Waals surface area (Å²) in [4.78, 5) is 2.64. The van der Waals surface area contributed by atoms with E-state index in [4.69, 9.17) is 0 Å². The van der Waals surface area contributed by atoms with Gasteiger partial charge in [-0.1, -0.05) is 19.8 Å². The minimum atomic E-state index is 0. The third-order valence-electron chi connectivity index (χ3n) is 3.75. The SMILES string of the molecule is CCCC[C@H](c1cccn1C)N1CCNCC1.Cl.Cl. The highest BCUT2D eigenvalue weighted by molar-refractivity contribution is 5.85. The van der Waals surface area contributed by atoms with E-state index in [2.05, 4.69) is 47.1 Å². The van der Waals surface area contributed by atoms with Crippen LogP contribution in [0.1, 0.15) is 37.9 Å². The van der Waals surface area contributed by atoms with Crippen molar-refractivity contribution in [3.8, 4) is 0 Å². The number of piperazine rings is 1. The van der Waals surface area contributed by atoms with Crippen LogP contribution in [0.5, 0.6) is 0 Å². The van der Waals surface area contributed by atoms with Crippen LogP contribution in [0.3, 0.4) is 0 Å². The molecule has 19 heavy (non-hydrogen) atoms. The lowest BCUT2D eigenvalue weighted by molar-refractivity contribution is 0.158. The maximum absolute atomic E-state index is 3.44. The fourth-order valence-electron chi connectivity index (χ4n) is 2.73. The summed E-state index contributed by atoms with van der Waals surface area (Å²) in [5.74, 6) is 0. The fraction of sp³-hybridized carbons (Fsp3) is 0.714. The van der Waals surface area contributed by atoms with Gasteiger partial charge in [0.15, 0.2) is 0 Å². The second kappa shape index (κ2) is 9.65. The Morgan fingerprint density at radius 3 is 2.47 bits per heavy atom. The molecule has 1 N–H and O–H groups in total. The Balaban J connectivity index is 0.00000162. The van der Waals surface area contributed by atoms with E-state index in [1.807, 2.05) is 0 Å². The van der Waals surface area contributed by atoms with Gasteiger partial charge in [-0.05, 0) is 18.6 Å². The van der Waals surface area contributed by atoms with Crippen molar-refractivity contribution < 1.29 is 0 Å². The zero-order valence-electron chi connectivity index (χ0n) is 12.0. The lowest BCUT2D eigenvalue weighted by atomic mass is 10.0. The van der Waals surface area contributed by atoms with Gasteiger partial charge in [0.05, 0.1) is 6.04 Å². The summed E-state index contributed by atoms with van der Waals surface area (Å²) in [6.45, 7) is 6.90. The quantitative estimate of drug-likeness (QED) is 0.902. The fourth-order valence-corrected chi connectivity index (χ4v) is 2.73. The molecule has 112 valence electrons. The number of rotatable bonds is 5. The van der Waals surface area contributed by atoms with Gasteiger partial charge in [0.1, 0.15) is 0 Å². The molecule has 2 heterocycles. The second-order valence-corrected chi connectivity index (χ2v) is 4.99. The summed E-state index contributed by atoms with van der Waals surface area (Å²) in [7, 11) is 2.16. The number of hydrogen-bond acceptors (Lipinski definition) is 2. The van der Waals surface area contributed by atoms with Crippen LogP contribution >= 0.6 is 24.8 Å². The molecular weight excluding hydrogens is 281 g/mol. The van der Waals surface area contributed by atoms with Crippen LogP contribution < -0.4 is 5.32 Å². The standard InChI is InChI=1S/C14H25N3.2ClH/c1-3-4-6-14(13-7-5-10-16(13)2)17-11-8-15-9-12-17;;/h5,7,10,14-15H,3-4,6,8-9,11-12H2,1-2H3;2*1H/t14-;;/m1../s1. The molecule has 0 saturated carbocycles. The van der Waals surface area contributed by atoms with Crippen molar-refractivity contribution in [2.24, 2.45) is 7.05 Å². The van der Waals surface area contributed by atoms with E-state index in [1.165, 1.54) is 38.0 Å². The van der Waals surface area contributed by atoms with Gasteiger partial charge in [0.25, 0.3) is 0 Å². The molecule has 0 aromatic carbocycles. The third kappa shape index (κ3) is 4.99. The first-order chi connectivity index (χ1) is 8.33. The number of unbranched alkanes of at least 4 members (excludes halogenated alkanes) is 1. The number of aromatic nitrogens is 1. The first-order valence-electron chi connectivity index (χ1n) is 6.89. The molecule has 1 fully saturated rings. The van der Waals surface area contributed by atoms with Crippen molar-refractivity contribution in [1.82, 2.24) is 14.8 Å². The second-order valence-electron chi connectivity index (χ2n) is 4.99. The van der Waals surface area contributed by atoms with Crippen LogP contribution in [0.25, 0.3) is 0 Å². The van der Waals surface area contributed by atoms with Gasteiger partial charge in [-0.25, -0.2) is 0 Å². The van der Waals surface area contributed by atoms with Crippen molar-refractivity contribution in [2.75, 3.05) is 26.2 Å². The molecule has 1 aliphatic heterocycles. The molecule has 0 radical (unpaired) electrons. The first kappa shape index (κ1) is 18.8. The van der Waals surface area contributed by atoms with Gasteiger partial charge in [-0.15, -0.1) is 24.8 Å². The van der Waals surface area contributed by atoms with Crippen molar-refractivity contribution >= 4 is 24.8 Å². The Bertz CT molecular complexity index is 335. The summed E-state index contributed by atoms with van der Waals surface area (Å²) in [5.41, 5.74) is 1.47. The zero-order chi connectivity index (χ0) is 12.1. The Morgan fingerprint density at radius 1 is 1.26 bits per heavy atom. The van der Waals surface area contributed by atoms with Crippen LogP contribution in [0.2, 0.25) is 0 Å². The molecule has 1 saturated heterocycles. The number of hydrogen-bond donors (Lipinski definition) is 1. The van der Waals surface area contributed by atoms with Crippen LogP contribution in [-0.2, 0) is 7.05 Å². The van der Waals surface area contributed by atoms with E-state index in [1.54, 1.807) is 0 Å². The summed E-state index contributed by atoms with van der Waals surface area (Å²) < 4.78 is 2.28. The van der Waals surface area contributed by atoms with Gasteiger partial charge < -0.3 is 9.88 Å². The molecule has 0 amide bonds. The molecule has 1 aromatic rings. The average molecular weight is 308 g/mol. The van der Waals surface area contributed by atoms with E-state index in [9.17, 15) is 0 Å². The van der Waals surface area contributed by atoms with E-state index in [0.29, 0.717) is 6.04 Å². The molecule has 1 atom stereocenters. The molecule has 0 aliphatic carbocycles. The Hall–Kier alpha value is -0.220. The third-order valence-corrected chi connectivity index (χ3v) is 3.75. The summed E-state index contributed by atoms with van der Waals surface area (Å²) in [5, 5.41) is 3.44.